The minimum Gasteiger partial charge on any atom is -0.382 e. The second kappa shape index (κ2) is 8.11. The Balaban J connectivity index is 1.87. The standard InChI is InChI=1S/C14H19IN2O2S/c1-18-8-9-19-7-3-2-6-17-13-5-4-11(15)10-12(13)16-14(17)20/h4-5,10H,2-3,6-9H2,1H3,(H,16,20). The van der Waals surface area contributed by atoms with E-state index in [2.05, 4.69) is 50.3 Å². The van der Waals surface area contributed by atoms with Crippen LogP contribution < -0.4 is 0 Å². The first-order valence-corrected chi connectivity index (χ1v) is 8.16. The molecule has 0 radical (unpaired) electrons. The fraction of sp³-hybridized carbons (Fsp3) is 0.500. The molecule has 1 heterocycles. The van der Waals surface area contributed by atoms with Gasteiger partial charge in [0.05, 0.1) is 24.2 Å². The molecule has 1 aromatic heterocycles. The molecular weight excluding hydrogens is 387 g/mol. The molecule has 0 aliphatic carbocycles. The number of halogens is 1. The molecule has 0 unspecified atom stereocenters. The van der Waals surface area contributed by atoms with Crippen molar-refractivity contribution < 1.29 is 9.47 Å². The molecule has 0 saturated carbocycles. The molecule has 0 amide bonds. The maximum absolute atomic E-state index is 5.46. The Morgan fingerprint density at radius 2 is 2.10 bits per heavy atom. The Morgan fingerprint density at radius 3 is 2.90 bits per heavy atom. The zero-order chi connectivity index (χ0) is 14.4. The summed E-state index contributed by atoms with van der Waals surface area (Å²) in [6.07, 6.45) is 2.09. The lowest BCUT2D eigenvalue weighted by atomic mass is 10.3. The highest BCUT2D eigenvalue weighted by atomic mass is 127. The summed E-state index contributed by atoms with van der Waals surface area (Å²) < 4.78 is 14.6. The van der Waals surface area contributed by atoms with Gasteiger partial charge in [0.1, 0.15) is 0 Å². The van der Waals surface area contributed by atoms with Crippen LogP contribution in [0, 0.1) is 8.34 Å². The molecule has 4 nitrogen and oxygen atoms in total. The van der Waals surface area contributed by atoms with Crippen LogP contribution in [-0.4, -0.2) is 36.5 Å². The van der Waals surface area contributed by atoms with Crippen LogP contribution in [-0.2, 0) is 16.0 Å². The molecule has 0 aliphatic heterocycles. The Labute approximate surface area is 137 Å². The van der Waals surface area contributed by atoms with E-state index in [1.54, 1.807) is 7.11 Å². The lowest BCUT2D eigenvalue weighted by Crippen LogP contribution is -2.04. The lowest BCUT2D eigenvalue weighted by molar-refractivity contribution is 0.0684. The SMILES string of the molecule is COCCOCCCCn1c(=S)[nH]c2cc(I)ccc21. The van der Waals surface area contributed by atoms with Gasteiger partial charge >= 0.3 is 0 Å². The second-order valence-electron chi connectivity index (χ2n) is 4.56. The summed E-state index contributed by atoms with van der Waals surface area (Å²) in [7, 11) is 1.68. The molecule has 110 valence electrons. The molecule has 6 heteroatoms. The van der Waals surface area contributed by atoms with Crippen molar-refractivity contribution in [2.75, 3.05) is 26.9 Å². The Hall–Kier alpha value is -0.440. The second-order valence-corrected chi connectivity index (χ2v) is 6.19. The molecule has 20 heavy (non-hydrogen) atoms. The molecule has 0 aliphatic rings. The number of unbranched alkanes of at least 4 members (excludes halogenated alkanes) is 1. The smallest absolute Gasteiger partial charge is 0.178 e. The predicted octanol–water partition coefficient (Wildman–Crippen LogP) is 3.75. The Morgan fingerprint density at radius 1 is 1.25 bits per heavy atom. The normalized spacial score (nSPS) is 11.3. The number of H-pyrrole nitrogens is 1. The third-order valence-corrected chi connectivity index (χ3v) is 4.08. The number of aromatic amines is 1. The van der Waals surface area contributed by atoms with E-state index >= 15 is 0 Å². The van der Waals surface area contributed by atoms with Gasteiger partial charge in [-0.1, -0.05) is 0 Å². The molecule has 1 N–H and O–H groups in total. The van der Waals surface area contributed by atoms with Gasteiger partial charge in [0.15, 0.2) is 4.77 Å². The van der Waals surface area contributed by atoms with Gasteiger partial charge in [-0.05, 0) is 65.8 Å². The van der Waals surface area contributed by atoms with Crippen LogP contribution in [0.1, 0.15) is 12.8 Å². The summed E-state index contributed by atoms with van der Waals surface area (Å²) in [5.41, 5.74) is 2.29. The average Bonchev–Trinajstić information content (AvgIpc) is 2.73. The van der Waals surface area contributed by atoms with E-state index in [4.69, 9.17) is 21.7 Å². The minimum absolute atomic E-state index is 0.659. The van der Waals surface area contributed by atoms with Gasteiger partial charge in [0.2, 0.25) is 0 Å². The maximum atomic E-state index is 5.46. The summed E-state index contributed by atoms with van der Waals surface area (Å²) in [4.78, 5) is 3.26. The summed E-state index contributed by atoms with van der Waals surface area (Å²) in [5.74, 6) is 0. The Bertz CT molecular complexity index is 609. The van der Waals surface area contributed by atoms with Crippen molar-refractivity contribution >= 4 is 45.8 Å². The number of benzene rings is 1. The van der Waals surface area contributed by atoms with Crippen molar-refractivity contribution in [3.05, 3.63) is 26.5 Å². The van der Waals surface area contributed by atoms with Gasteiger partial charge < -0.3 is 19.0 Å². The summed E-state index contributed by atoms with van der Waals surface area (Å²) in [6.45, 7) is 3.03. The van der Waals surface area contributed by atoms with Gasteiger partial charge in [0.25, 0.3) is 0 Å². The van der Waals surface area contributed by atoms with Crippen LogP contribution in [0.2, 0.25) is 0 Å². The molecule has 2 rings (SSSR count). The van der Waals surface area contributed by atoms with Crippen LogP contribution in [0.3, 0.4) is 0 Å². The third-order valence-electron chi connectivity index (χ3n) is 3.09. The van der Waals surface area contributed by atoms with Gasteiger partial charge in [-0.3, -0.25) is 0 Å². The number of fused-ring (bicyclic) bond motifs is 1. The van der Waals surface area contributed by atoms with Gasteiger partial charge in [0, 0.05) is 23.8 Å². The molecule has 2 aromatic rings. The maximum Gasteiger partial charge on any atom is 0.178 e. The number of methoxy groups -OCH3 is 1. The first-order chi connectivity index (χ1) is 9.72. The van der Waals surface area contributed by atoms with Gasteiger partial charge in [-0.2, -0.15) is 0 Å². The van der Waals surface area contributed by atoms with Crippen molar-refractivity contribution in [3.63, 3.8) is 0 Å². The van der Waals surface area contributed by atoms with E-state index in [-0.39, 0.29) is 0 Å². The molecule has 0 bridgehead atoms. The predicted molar refractivity (Wildman–Crippen MR) is 91.8 cm³/mol. The Kier molecular flexibility index (Phi) is 6.47. The van der Waals surface area contributed by atoms with Gasteiger partial charge in [-0.15, -0.1) is 0 Å². The molecule has 0 spiro atoms. The van der Waals surface area contributed by atoms with E-state index in [9.17, 15) is 0 Å². The van der Waals surface area contributed by atoms with Crippen LogP contribution in [0.4, 0.5) is 0 Å². The average molecular weight is 406 g/mol. The number of nitrogens with one attached hydrogen (secondary N) is 1. The van der Waals surface area contributed by atoms with Crippen molar-refractivity contribution in [3.8, 4) is 0 Å². The van der Waals surface area contributed by atoms with Crippen molar-refractivity contribution in [2.45, 2.75) is 19.4 Å². The van der Waals surface area contributed by atoms with Crippen molar-refractivity contribution in [1.82, 2.24) is 9.55 Å². The third kappa shape index (κ3) is 4.28. The lowest BCUT2D eigenvalue weighted by Gasteiger charge is -2.06. The molecule has 1 aromatic carbocycles. The highest BCUT2D eigenvalue weighted by Crippen LogP contribution is 2.18. The van der Waals surface area contributed by atoms with Crippen LogP contribution in [0.15, 0.2) is 18.2 Å². The van der Waals surface area contributed by atoms with Gasteiger partial charge in [-0.25, -0.2) is 0 Å². The van der Waals surface area contributed by atoms with Crippen molar-refractivity contribution in [1.29, 1.82) is 0 Å². The number of imidazole rings is 1. The van der Waals surface area contributed by atoms with E-state index < -0.39 is 0 Å². The molecule has 0 saturated heterocycles. The van der Waals surface area contributed by atoms with E-state index in [1.165, 1.54) is 9.09 Å². The number of hydrogen-bond acceptors (Lipinski definition) is 3. The fourth-order valence-corrected chi connectivity index (χ4v) is 2.87. The largest absolute Gasteiger partial charge is 0.382 e. The molecule has 0 fully saturated rings. The van der Waals surface area contributed by atoms with Crippen LogP contribution >= 0.6 is 34.8 Å². The quantitative estimate of drug-likeness (QED) is 0.413. The van der Waals surface area contributed by atoms with E-state index in [1.807, 2.05) is 0 Å². The van der Waals surface area contributed by atoms with Crippen molar-refractivity contribution in [2.24, 2.45) is 0 Å². The topological polar surface area (TPSA) is 39.2 Å². The van der Waals surface area contributed by atoms with E-state index in [0.29, 0.717) is 13.2 Å². The zero-order valence-electron chi connectivity index (χ0n) is 11.5. The fourth-order valence-electron chi connectivity index (χ4n) is 2.08. The first-order valence-electron chi connectivity index (χ1n) is 6.67. The number of nitrogens with zero attached hydrogens (tertiary/aromatic N) is 1. The minimum atomic E-state index is 0.659. The van der Waals surface area contributed by atoms with Crippen LogP contribution in [0.5, 0.6) is 0 Å². The monoisotopic (exact) mass is 406 g/mol. The summed E-state index contributed by atoms with van der Waals surface area (Å²) >= 11 is 7.70. The molecular formula is C14H19IN2O2S. The first kappa shape index (κ1) is 15.9. The number of aryl methyl sites for hydroxylation is 1. The zero-order valence-corrected chi connectivity index (χ0v) is 14.5. The number of ether oxygens (including phenoxy) is 2. The number of hydrogen-bond donors (Lipinski definition) is 1. The summed E-state index contributed by atoms with van der Waals surface area (Å²) in [5, 5.41) is 0. The highest BCUT2D eigenvalue weighted by Gasteiger charge is 2.04. The highest BCUT2D eigenvalue weighted by molar-refractivity contribution is 14.1. The molecule has 0 atom stereocenters. The van der Waals surface area contributed by atoms with Crippen LogP contribution in [0.25, 0.3) is 11.0 Å². The van der Waals surface area contributed by atoms with E-state index in [0.717, 1.165) is 36.3 Å². The summed E-state index contributed by atoms with van der Waals surface area (Å²) in [6, 6.07) is 6.35. The number of rotatable bonds is 8. The number of aromatic nitrogens is 2.